The summed E-state index contributed by atoms with van der Waals surface area (Å²) < 4.78 is 1.68. The van der Waals surface area contributed by atoms with Gasteiger partial charge in [0.2, 0.25) is 0 Å². The van der Waals surface area contributed by atoms with Crippen molar-refractivity contribution in [2.45, 2.75) is 6.54 Å². The van der Waals surface area contributed by atoms with Crippen molar-refractivity contribution < 1.29 is 4.79 Å². The van der Waals surface area contributed by atoms with Crippen molar-refractivity contribution in [3.8, 4) is 16.3 Å². The van der Waals surface area contributed by atoms with E-state index in [1.165, 1.54) is 17.7 Å². The number of rotatable bonds is 5. The Labute approximate surface area is 164 Å². The maximum Gasteiger partial charge on any atom is 0.271 e. The highest BCUT2D eigenvalue weighted by Crippen LogP contribution is 2.25. The molecule has 0 unspecified atom stereocenters. The van der Waals surface area contributed by atoms with Crippen molar-refractivity contribution in [3.63, 3.8) is 0 Å². The second-order valence-electron chi connectivity index (χ2n) is 5.73. The maximum absolute atomic E-state index is 12.4. The number of hydrogen-bond acceptors (Lipinski definition) is 5. The number of hydrogen-bond donors (Lipinski definition) is 1. The number of carbonyl (C=O) groups is 1. The third kappa shape index (κ3) is 4.05. The van der Waals surface area contributed by atoms with Crippen LogP contribution in [-0.4, -0.2) is 25.7 Å². The highest BCUT2D eigenvalue weighted by atomic mass is 35.5. The average Bonchev–Trinajstić information content (AvgIpc) is 3.39. The molecule has 0 fully saturated rings. The second-order valence-corrected chi connectivity index (χ2v) is 7.03. The lowest BCUT2D eigenvalue weighted by atomic mass is 10.2. The smallest absolute Gasteiger partial charge is 0.271 e. The van der Waals surface area contributed by atoms with Crippen LogP contribution in [0.2, 0.25) is 5.02 Å². The molecule has 0 radical (unpaired) electrons. The normalized spacial score (nSPS) is 10.7. The lowest BCUT2D eigenvalue weighted by Crippen LogP contribution is -2.23. The summed E-state index contributed by atoms with van der Waals surface area (Å²) in [6, 6.07) is 15.1. The summed E-state index contributed by atoms with van der Waals surface area (Å²) in [4.78, 5) is 20.7. The first-order valence-electron chi connectivity index (χ1n) is 8.13. The van der Waals surface area contributed by atoms with E-state index >= 15 is 0 Å². The van der Waals surface area contributed by atoms with Gasteiger partial charge in [0.05, 0.1) is 5.69 Å². The van der Waals surface area contributed by atoms with Gasteiger partial charge >= 0.3 is 0 Å². The van der Waals surface area contributed by atoms with Crippen LogP contribution in [0.1, 0.15) is 16.1 Å². The second kappa shape index (κ2) is 7.69. The third-order valence-electron chi connectivity index (χ3n) is 3.90. The number of nitrogens with one attached hydrogen (secondary N) is 1. The van der Waals surface area contributed by atoms with Crippen molar-refractivity contribution >= 4 is 28.8 Å². The molecule has 0 atom stereocenters. The minimum Gasteiger partial charge on any atom is -0.347 e. The molecule has 1 N–H and O–H groups in total. The summed E-state index contributed by atoms with van der Waals surface area (Å²) in [5, 5.41) is 10.2. The van der Waals surface area contributed by atoms with Crippen LogP contribution in [-0.2, 0) is 6.54 Å². The van der Waals surface area contributed by atoms with Crippen LogP contribution in [0.3, 0.4) is 0 Å². The Kier molecular flexibility index (Phi) is 4.95. The zero-order valence-corrected chi connectivity index (χ0v) is 15.6. The topological polar surface area (TPSA) is 72.7 Å². The zero-order chi connectivity index (χ0) is 18.6. The average molecular weight is 396 g/mol. The number of carbonyl (C=O) groups excluding carboxylic acids is 1. The molecular formula is C19H14ClN5OS. The lowest BCUT2D eigenvalue weighted by Gasteiger charge is -2.05. The predicted octanol–water partition coefficient (Wildman–Crippen LogP) is 3.97. The largest absolute Gasteiger partial charge is 0.347 e. The molecule has 4 aromatic rings. The molecule has 0 aliphatic carbocycles. The molecular weight excluding hydrogens is 382 g/mol. The lowest BCUT2D eigenvalue weighted by molar-refractivity contribution is 0.0946. The number of amides is 1. The molecule has 1 amide bonds. The van der Waals surface area contributed by atoms with Crippen LogP contribution < -0.4 is 5.32 Å². The Morgan fingerprint density at radius 2 is 1.89 bits per heavy atom. The van der Waals surface area contributed by atoms with E-state index in [4.69, 9.17) is 11.6 Å². The minimum atomic E-state index is -0.202. The molecule has 0 aliphatic heterocycles. The van der Waals surface area contributed by atoms with Crippen molar-refractivity contribution in [1.82, 2.24) is 25.1 Å². The summed E-state index contributed by atoms with van der Waals surface area (Å²) in [5.41, 5.74) is 3.24. The monoisotopic (exact) mass is 395 g/mol. The van der Waals surface area contributed by atoms with Gasteiger partial charge in [0.15, 0.2) is 0 Å². The fourth-order valence-corrected chi connectivity index (χ4v) is 3.42. The molecule has 0 bridgehead atoms. The number of aromatic nitrogens is 4. The molecule has 2 aromatic heterocycles. The van der Waals surface area contributed by atoms with Crippen molar-refractivity contribution in [1.29, 1.82) is 0 Å². The number of thiazole rings is 1. The van der Waals surface area contributed by atoms with E-state index in [1.807, 2.05) is 36.4 Å². The van der Waals surface area contributed by atoms with Gasteiger partial charge in [-0.3, -0.25) is 4.79 Å². The van der Waals surface area contributed by atoms with Gasteiger partial charge in [-0.25, -0.2) is 14.6 Å². The van der Waals surface area contributed by atoms with E-state index < -0.39 is 0 Å². The highest BCUT2D eigenvalue weighted by molar-refractivity contribution is 7.13. The van der Waals surface area contributed by atoms with E-state index in [9.17, 15) is 4.79 Å². The molecule has 0 saturated carbocycles. The highest BCUT2D eigenvalue weighted by Gasteiger charge is 2.11. The molecule has 2 heterocycles. The summed E-state index contributed by atoms with van der Waals surface area (Å²) in [6.07, 6.45) is 3.12. The van der Waals surface area contributed by atoms with E-state index in [0.29, 0.717) is 17.3 Å². The molecule has 6 nitrogen and oxygen atoms in total. The van der Waals surface area contributed by atoms with Crippen LogP contribution in [0.15, 0.2) is 66.6 Å². The molecule has 0 aliphatic rings. The van der Waals surface area contributed by atoms with Gasteiger partial charge in [-0.15, -0.1) is 11.3 Å². The van der Waals surface area contributed by atoms with Crippen molar-refractivity contribution in [2.24, 2.45) is 0 Å². The van der Waals surface area contributed by atoms with Crippen LogP contribution in [0.25, 0.3) is 16.3 Å². The van der Waals surface area contributed by atoms with Gasteiger partial charge in [0.25, 0.3) is 5.91 Å². The zero-order valence-electron chi connectivity index (χ0n) is 14.0. The Bertz CT molecular complexity index is 1040. The van der Waals surface area contributed by atoms with Crippen LogP contribution in [0.5, 0.6) is 0 Å². The van der Waals surface area contributed by atoms with E-state index in [2.05, 4.69) is 20.4 Å². The predicted molar refractivity (Wildman–Crippen MR) is 105 cm³/mol. The summed E-state index contributed by atoms with van der Waals surface area (Å²) in [7, 11) is 0. The Hall–Kier alpha value is -3.03. The van der Waals surface area contributed by atoms with Gasteiger partial charge < -0.3 is 5.32 Å². The molecule has 0 saturated heterocycles. The van der Waals surface area contributed by atoms with E-state index in [0.717, 1.165) is 21.8 Å². The van der Waals surface area contributed by atoms with E-state index in [-0.39, 0.29) is 5.91 Å². The van der Waals surface area contributed by atoms with Gasteiger partial charge in [-0.05, 0) is 29.8 Å². The number of halogens is 1. The van der Waals surface area contributed by atoms with Crippen LogP contribution >= 0.6 is 22.9 Å². The minimum absolute atomic E-state index is 0.202. The Morgan fingerprint density at radius 1 is 1.11 bits per heavy atom. The number of nitrogens with zero attached hydrogens (tertiary/aromatic N) is 4. The fraction of sp³-hybridized carbons (Fsp3) is 0.0526. The van der Waals surface area contributed by atoms with E-state index in [1.54, 1.807) is 28.5 Å². The maximum atomic E-state index is 12.4. The molecule has 0 spiro atoms. The first kappa shape index (κ1) is 17.4. The third-order valence-corrected chi connectivity index (χ3v) is 5.04. The Balaban J connectivity index is 1.39. The fourth-order valence-electron chi connectivity index (χ4n) is 2.48. The first-order valence-corrected chi connectivity index (χ1v) is 9.38. The van der Waals surface area contributed by atoms with Crippen LogP contribution in [0.4, 0.5) is 0 Å². The summed E-state index contributed by atoms with van der Waals surface area (Å²) in [6.45, 7) is 0.421. The summed E-state index contributed by atoms with van der Waals surface area (Å²) in [5.74, 6) is -0.202. The van der Waals surface area contributed by atoms with Crippen molar-refractivity contribution in [3.05, 3.63) is 82.8 Å². The molecule has 8 heteroatoms. The Morgan fingerprint density at radius 3 is 2.59 bits per heavy atom. The van der Waals surface area contributed by atoms with Crippen molar-refractivity contribution in [2.75, 3.05) is 0 Å². The van der Waals surface area contributed by atoms with Gasteiger partial charge in [-0.2, -0.15) is 5.10 Å². The van der Waals surface area contributed by atoms with Gasteiger partial charge in [0.1, 0.15) is 23.4 Å². The quantitative estimate of drug-likeness (QED) is 0.554. The van der Waals surface area contributed by atoms with Crippen LogP contribution in [0, 0.1) is 0 Å². The molecule has 4 rings (SSSR count). The molecule has 27 heavy (non-hydrogen) atoms. The van der Waals surface area contributed by atoms with Gasteiger partial charge in [-0.1, -0.05) is 35.9 Å². The standard InChI is InChI=1S/C19H14ClN5OS/c20-15-5-3-14(4-6-15)19-24-17(10-27-19)18(26)22-9-13-1-7-16(8-2-13)25-12-21-11-23-25/h1-8,10-12H,9H2,(H,22,26). The van der Waals surface area contributed by atoms with Gasteiger partial charge in [0, 0.05) is 22.5 Å². The molecule has 134 valence electrons. The number of benzene rings is 2. The SMILES string of the molecule is O=C(NCc1ccc(-n2cncn2)cc1)c1csc(-c2ccc(Cl)cc2)n1. The summed E-state index contributed by atoms with van der Waals surface area (Å²) >= 11 is 7.33. The first-order chi connectivity index (χ1) is 13.2. The molecule has 2 aromatic carbocycles.